The number of hydrogen-bond acceptors (Lipinski definition) is 7. The van der Waals surface area contributed by atoms with E-state index < -0.39 is 0 Å². The molecule has 1 spiro atoms. The van der Waals surface area contributed by atoms with Crippen LogP contribution in [0.3, 0.4) is 0 Å². The molecule has 0 radical (unpaired) electrons. The molecule has 7 heteroatoms. The number of methoxy groups -OCH3 is 1. The van der Waals surface area contributed by atoms with Gasteiger partial charge in [-0.25, -0.2) is 0 Å². The lowest BCUT2D eigenvalue weighted by atomic mass is 9.68. The molecule has 2 saturated carbocycles. The molecule has 2 aliphatic carbocycles. The largest absolute Gasteiger partial charge is 0.474 e. The molecule has 4 rings (SSSR count). The molecule has 0 unspecified atom stereocenters. The molecule has 4 aliphatic rings. The molecule has 0 aromatic heterocycles. The van der Waals surface area contributed by atoms with Gasteiger partial charge in [-0.1, -0.05) is 11.6 Å². The molecule has 2 aliphatic heterocycles. The highest BCUT2D eigenvalue weighted by Gasteiger charge is 2.72. The molecule has 4 fully saturated rings. The van der Waals surface area contributed by atoms with Crippen molar-refractivity contribution in [2.75, 3.05) is 26.9 Å². The highest BCUT2D eigenvalue weighted by atomic mass is 16.6. The Balaban J connectivity index is 1.29. The maximum absolute atomic E-state index is 12.0. The Kier molecular flexibility index (Phi) is 8.18. The van der Waals surface area contributed by atoms with Crippen molar-refractivity contribution in [3.63, 3.8) is 0 Å². The first-order valence-electron chi connectivity index (χ1n) is 13.5. The van der Waals surface area contributed by atoms with E-state index in [-0.39, 0.29) is 47.3 Å². The van der Waals surface area contributed by atoms with E-state index in [1.165, 1.54) is 5.57 Å². The molecule has 0 amide bonds. The first-order chi connectivity index (χ1) is 16.7. The van der Waals surface area contributed by atoms with Gasteiger partial charge in [0, 0.05) is 13.7 Å². The second-order valence-corrected chi connectivity index (χ2v) is 11.3. The van der Waals surface area contributed by atoms with Crippen molar-refractivity contribution in [3.8, 4) is 0 Å². The second-order valence-electron chi connectivity index (χ2n) is 11.3. The molecule has 0 aromatic rings. The monoisotopic (exact) mass is 491 g/mol. The topological polar surface area (TPSA) is 81.9 Å². The highest BCUT2D eigenvalue weighted by molar-refractivity contribution is 5.72. The molecule has 35 heavy (non-hydrogen) atoms. The van der Waals surface area contributed by atoms with Crippen LogP contribution in [0.2, 0.25) is 0 Å². The molecule has 0 aromatic carbocycles. The fraction of sp³-hybridized carbons (Fsp3) is 0.821. The van der Waals surface area contributed by atoms with E-state index in [9.17, 15) is 4.79 Å². The molecular formula is C28H45NO6. The van der Waals surface area contributed by atoms with Gasteiger partial charge < -0.3 is 29.0 Å². The van der Waals surface area contributed by atoms with Crippen molar-refractivity contribution in [1.82, 2.24) is 5.32 Å². The second kappa shape index (κ2) is 10.8. The number of esters is 1. The molecule has 7 nitrogen and oxygen atoms in total. The summed E-state index contributed by atoms with van der Waals surface area (Å²) in [4.78, 5) is 12.0. The van der Waals surface area contributed by atoms with E-state index in [1.807, 2.05) is 6.92 Å². The van der Waals surface area contributed by atoms with E-state index in [0.717, 1.165) is 58.1 Å². The fourth-order valence-corrected chi connectivity index (χ4v) is 6.42. The first-order valence-corrected chi connectivity index (χ1v) is 13.5. The van der Waals surface area contributed by atoms with Crippen molar-refractivity contribution in [2.45, 2.75) is 102 Å². The minimum Gasteiger partial charge on any atom is -0.474 e. The van der Waals surface area contributed by atoms with Crippen molar-refractivity contribution >= 4 is 5.97 Å². The summed E-state index contributed by atoms with van der Waals surface area (Å²) in [6.45, 7) is 14.5. The predicted octanol–water partition coefficient (Wildman–Crippen LogP) is 4.51. The van der Waals surface area contributed by atoms with Gasteiger partial charge >= 0.3 is 5.97 Å². The zero-order valence-electron chi connectivity index (χ0n) is 22.3. The van der Waals surface area contributed by atoms with Crippen LogP contribution in [0.25, 0.3) is 0 Å². The van der Waals surface area contributed by atoms with Gasteiger partial charge in [0.2, 0.25) is 0 Å². The standard InChI is InChI=1S/C28H45NO6/c1-7-32-26(30)21-11-9-20(10-12-21)16-29-19(4)34-22-14-15-28(17-33-28)25(24(22)31-6)27(5)23(35-27)13-8-18(2)3/h8,20-25,29H,4,7,9-17H2,1-3,5-6H3/t20?,21?,22-,23-,24-,25-,27+,28+/m1/s1. The first kappa shape index (κ1) is 26.5. The highest BCUT2D eigenvalue weighted by Crippen LogP contribution is 2.59. The minimum atomic E-state index is -0.266. The van der Waals surface area contributed by atoms with Crippen molar-refractivity contribution in [1.29, 1.82) is 0 Å². The number of ether oxygens (including phenoxy) is 5. The third-order valence-electron chi connectivity index (χ3n) is 8.59. The summed E-state index contributed by atoms with van der Waals surface area (Å²) >= 11 is 0. The van der Waals surface area contributed by atoms with E-state index >= 15 is 0 Å². The van der Waals surface area contributed by atoms with Crippen LogP contribution in [-0.2, 0) is 28.5 Å². The third kappa shape index (κ3) is 5.89. The van der Waals surface area contributed by atoms with Gasteiger partial charge in [0.25, 0.3) is 0 Å². The zero-order chi connectivity index (χ0) is 25.2. The Morgan fingerprint density at radius 2 is 1.91 bits per heavy atom. The van der Waals surface area contributed by atoms with Crippen LogP contribution in [0.4, 0.5) is 0 Å². The normalized spacial score (nSPS) is 40.0. The quantitative estimate of drug-likeness (QED) is 0.197. The molecule has 1 N–H and O–H groups in total. The average molecular weight is 492 g/mol. The number of carbonyl (C=O) groups excluding carboxylic acids is 1. The van der Waals surface area contributed by atoms with E-state index in [1.54, 1.807) is 7.11 Å². The maximum Gasteiger partial charge on any atom is 0.308 e. The Morgan fingerprint density at radius 3 is 2.51 bits per heavy atom. The van der Waals surface area contributed by atoms with Crippen LogP contribution < -0.4 is 5.32 Å². The van der Waals surface area contributed by atoms with Gasteiger partial charge in [-0.3, -0.25) is 4.79 Å². The number of nitrogens with one attached hydrogen (secondary N) is 1. The lowest BCUT2D eigenvalue weighted by Crippen LogP contribution is -2.55. The summed E-state index contributed by atoms with van der Waals surface area (Å²) in [6.07, 6.45) is 8.77. The van der Waals surface area contributed by atoms with E-state index in [4.69, 9.17) is 23.7 Å². The van der Waals surface area contributed by atoms with Crippen molar-refractivity contribution in [2.24, 2.45) is 17.8 Å². The van der Waals surface area contributed by atoms with Gasteiger partial charge in [-0.15, -0.1) is 0 Å². The Morgan fingerprint density at radius 1 is 1.20 bits per heavy atom. The van der Waals surface area contributed by atoms with Gasteiger partial charge in [0.15, 0.2) is 5.88 Å². The zero-order valence-corrected chi connectivity index (χ0v) is 22.3. The van der Waals surface area contributed by atoms with Crippen molar-refractivity contribution < 1.29 is 28.5 Å². The summed E-state index contributed by atoms with van der Waals surface area (Å²) in [5.74, 6) is 1.24. The smallest absolute Gasteiger partial charge is 0.308 e. The van der Waals surface area contributed by atoms with Gasteiger partial charge in [0.05, 0.1) is 31.2 Å². The van der Waals surface area contributed by atoms with Gasteiger partial charge in [-0.05, 0) is 85.1 Å². The van der Waals surface area contributed by atoms with Crippen LogP contribution >= 0.6 is 0 Å². The number of rotatable bonds is 11. The van der Waals surface area contributed by atoms with Crippen LogP contribution in [0, 0.1) is 17.8 Å². The molecule has 6 atom stereocenters. The van der Waals surface area contributed by atoms with E-state index in [2.05, 4.69) is 38.7 Å². The Labute approximate surface area is 210 Å². The summed E-state index contributed by atoms with van der Waals surface area (Å²) in [7, 11) is 1.77. The average Bonchev–Trinajstić information content (AvgIpc) is 3.75. The number of hydrogen-bond donors (Lipinski definition) is 1. The molecule has 198 valence electrons. The lowest BCUT2D eigenvalue weighted by Gasteiger charge is -2.43. The summed E-state index contributed by atoms with van der Waals surface area (Å²) < 4.78 is 29.9. The SMILES string of the molecule is C=C(NCC1CCC(C(=O)OCC)CC1)O[C@@H]1CC[C@]2(CO2)[C@@H]([C@@]2(C)O[C@@H]2CC=C(C)C)[C@@H]1OC. The van der Waals surface area contributed by atoms with Crippen LogP contribution in [0.1, 0.15) is 72.6 Å². The number of carbonyl (C=O) groups is 1. The number of allylic oxidation sites excluding steroid dienone is 1. The fourth-order valence-electron chi connectivity index (χ4n) is 6.42. The van der Waals surface area contributed by atoms with Crippen LogP contribution in [0.15, 0.2) is 24.1 Å². The van der Waals surface area contributed by atoms with Crippen LogP contribution in [0.5, 0.6) is 0 Å². The molecular weight excluding hydrogens is 446 g/mol. The summed E-state index contributed by atoms with van der Waals surface area (Å²) in [5, 5.41) is 3.40. The molecule has 2 heterocycles. The predicted molar refractivity (Wildman–Crippen MR) is 134 cm³/mol. The number of epoxide rings is 2. The summed E-state index contributed by atoms with van der Waals surface area (Å²) in [5.41, 5.74) is 0.892. The third-order valence-corrected chi connectivity index (χ3v) is 8.59. The van der Waals surface area contributed by atoms with E-state index in [0.29, 0.717) is 18.4 Å². The Bertz CT molecular complexity index is 795. The summed E-state index contributed by atoms with van der Waals surface area (Å²) in [6, 6.07) is 0. The molecule has 2 saturated heterocycles. The lowest BCUT2D eigenvalue weighted by molar-refractivity contribution is -0.149. The van der Waals surface area contributed by atoms with Gasteiger partial charge in [-0.2, -0.15) is 0 Å². The maximum atomic E-state index is 12.0. The minimum absolute atomic E-state index is 0.0436. The molecule has 0 bridgehead atoms. The van der Waals surface area contributed by atoms with Gasteiger partial charge in [0.1, 0.15) is 23.4 Å². The Hall–Kier alpha value is -1.57. The van der Waals surface area contributed by atoms with Crippen LogP contribution in [-0.4, -0.2) is 62.4 Å². The van der Waals surface area contributed by atoms with Crippen molar-refractivity contribution in [3.05, 3.63) is 24.1 Å².